The zero-order valence-corrected chi connectivity index (χ0v) is 12.4. The van der Waals surface area contributed by atoms with Crippen molar-refractivity contribution in [2.24, 2.45) is 11.8 Å². The molecule has 3 heterocycles. The maximum Gasteiger partial charge on any atom is 0.218 e. The Balaban J connectivity index is 1.42. The summed E-state index contributed by atoms with van der Waals surface area (Å²) in [7, 11) is 0. The van der Waals surface area contributed by atoms with Crippen LogP contribution in [0.25, 0.3) is 0 Å². The predicted molar refractivity (Wildman–Crippen MR) is 82.8 cm³/mol. The largest absolute Gasteiger partial charge is 0.473 e. The lowest BCUT2D eigenvalue weighted by Crippen LogP contribution is -2.23. The summed E-state index contributed by atoms with van der Waals surface area (Å²) >= 11 is 0. The number of benzene rings is 1. The Morgan fingerprint density at radius 2 is 1.86 bits per heavy atom. The van der Waals surface area contributed by atoms with Crippen molar-refractivity contribution in [1.29, 1.82) is 0 Å². The van der Waals surface area contributed by atoms with Crippen LogP contribution in [0.15, 0.2) is 42.7 Å². The fraction of sp³-hybridized carbons (Fsp3) is 0.412. The van der Waals surface area contributed by atoms with Gasteiger partial charge in [-0.15, -0.1) is 0 Å². The molecule has 114 valence electrons. The van der Waals surface area contributed by atoms with Crippen molar-refractivity contribution in [2.45, 2.75) is 6.61 Å². The lowest BCUT2D eigenvalue weighted by Gasteiger charge is -2.18. The molecule has 0 unspecified atom stereocenters. The van der Waals surface area contributed by atoms with Gasteiger partial charge in [0.2, 0.25) is 5.88 Å². The van der Waals surface area contributed by atoms with Crippen LogP contribution in [0.3, 0.4) is 0 Å². The Labute approximate surface area is 129 Å². The average Bonchev–Trinajstić information content (AvgIpc) is 3.16. The molecule has 0 amide bonds. The summed E-state index contributed by atoms with van der Waals surface area (Å²) in [4.78, 5) is 10.9. The van der Waals surface area contributed by atoms with Gasteiger partial charge in [0.25, 0.3) is 0 Å². The highest BCUT2D eigenvalue weighted by atomic mass is 16.5. The molecule has 5 nitrogen and oxygen atoms in total. The van der Waals surface area contributed by atoms with Gasteiger partial charge in [0.15, 0.2) is 0 Å². The third-order valence-corrected chi connectivity index (χ3v) is 4.42. The Hall–Kier alpha value is -2.14. The minimum Gasteiger partial charge on any atom is -0.473 e. The predicted octanol–water partition coefficient (Wildman–Crippen LogP) is 2.14. The first-order chi connectivity index (χ1) is 10.9. The molecule has 2 atom stereocenters. The van der Waals surface area contributed by atoms with Gasteiger partial charge in [-0.05, 0) is 5.56 Å². The molecular weight excluding hydrogens is 278 g/mol. The van der Waals surface area contributed by atoms with Crippen molar-refractivity contribution in [3.63, 3.8) is 0 Å². The molecular formula is C17H19N3O2. The summed E-state index contributed by atoms with van der Waals surface area (Å²) in [5.74, 6) is 2.86. The van der Waals surface area contributed by atoms with Gasteiger partial charge in [-0.1, -0.05) is 30.3 Å². The summed E-state index contributed by atoms with van der Waals surface area (Å²) in [6.07, 6.45) is 1.58. The second kappa shape index (κ2) is 5.93. The van der Waals surface area contributed by atoms with E-state index in [1.165, 1.54) is 0 Å². The first-order valence-electron chi connectivity index (χ1n) is 7.70. The maximum atomic E-state index is 5.78. The van der Waals surface area contributed by atoms with Crippen LogP contribution in [0.5, 0.6) is 5.88 Å². The number of rotatable bonds is 4. The van der Waals surface area contributed by atoms with E-state index in [0.29, 0.717) is 24.3 Å². The molecule has 2 aliphatic rings. The standard InChI is InChI=1S/C17H19N3O2/c1-2-4-13(5-3-1)9-22-17-6-16(18-12-19-17)20-7-14-10-21-11-15(14)8-20/h1-6,12,14-15H,7-11H2/t14-,15+. The van der Waals surface area contributed by atoms with Crippen molar-refractivity contribution in [1.82, 2.24) is 9.97 Å². The zero-order valence-electron chi connectivity index (χ0n) is 12.4. The Kier molecular flexibility index (Phi) is 3.64. The highest BCUT2D eigenvalue weighted by Gasteiger charge is 2.37. The number of hydrogen-bond acceptors (Lipinski definition) is 5. The zero-order chi connectivity index (χ0) is 14.8. The van der Waals surface area contributed by atoms with Crippen LogP contribution in [0.1, 0.15) is 5.56 Å². The van der Waals surface area contributed by atoms with E-state index in [-0.39, 0.29) is 0 Å². The Morgan fingerprint density at radius 1 is 1.09 bits per heavy atom. The van der Waals surface area contributed by atoms with Gasteiger partial charge >= 0.3 is 0 Å². The van der Waals surface area contributed by atoms with Crippen molar-refractivity contribution in [3.05, 3.63) is 48.3 Å². The number of anilines is 1. The third kappa shape index (κ3) is 2.76. The van der Waals surface area contributed by atoms with Crippen molar-refractivity contribution < 1.29 is 9.47 Å². The van der Waals surface area contributed by atoms with E-state index in [2.05, 4.69) is 14.9 Å². The molecule has 0 bridgehead atoms. The van der Waals surface area contributed by atoms with Crippen LogP contribution in [0, 0.1) is 11.8 Å². The van der Waals surface area contributed by atoms with E-state index in [4.69, 9.17) is 9.47 Å². The van der Waals surface area contributed by atoms with Gasteiger partial charge in [0, 0.05) is 31.0 Å². The second-order valence-electron chi connectivity index (χ2n) is 5.95. The molecule has 4 rings (SSSR count). The SMILES string of the molecule is c1ccc(COc2cc(N3C[C@H]4COC[C@H]4C3)ncn2)cc1. The maximum absolute atomic E-state index is 5.78. The van der Waals surface area contributed by atoms with Crippen LogP contribution in [0.4, 0.5) is 5.82 Å². The first kappa shape index (κ1) is 13.5. The van der Waals surface area contributed by atoms with Gasteiger partial charge in [0.1, 0.15) is 18.8 Å². The molecule has 5 heteroatoms. The third-order valence-electron chi connectivity index (χ3n) is 4.42. The van der Waals surface area contributed by atoms with Crippen molar-refractivity contribution in [3.8, 4) is 5.88 Å². The lowest BCUT2D eigenvalue weighted by molar-refractivity contribution is 0.177. The molecule has 2 saturated heterocycles. The van der Waals surface area contributed by atoms with Crippen LogP contribution < -0.4 is 9.64 Å². The highest BCUT2D eigenvalue weighted by Crippen LogP contribution is 2.32. The first-order valence-corrected chi connectivity index (χ1v) is 7.70. The summed E-state index contributed by atoms with van der Waals surface area (Å²) in [6.45, 7) is 4.31. The lowest BCUT2D eigenvalue weighted by atomic mass is 10.0. The minimum absolute atomic E-state index is 0.524. The van der Waals surface area contributed by atoms with E-state index in [0.717, 1.165) is 37.7 Å². The molecule has 0 saturated carbocycles. The second-order valence-corrected chi connectivity index (χ2v) is 5.95. The minimum atomic E-state index is 0.524. The van der Waals surface area contributed by atoms with E-state index in [9.17, 15) is 0 Å². The van der Waals surface area contributed by atoms with Crippen molar-refractivity contribution >= 4 is 5.82 Å². The van der Waals surface area contributed by atoms with E-state index >= 15 is 0 Å². The molecule has 0 N–H and O–H groups in total. The molecule has 22 heavy (non-hydrogen) atoms. The number of nitrogens with zero attached hydrogens (tertiary/aromatic N) is 3. The Bertz CT molecular complexity index is 623. The monoisotopic (exact) mass is 297 g/mol. The molecule has 2 aromatic rings. The van der Waals surface area contributed by atoms with Gasteiger partial charge < -0.3 is 14.4 Å². The molecule has 0 spiro atoms. The number of ether oxygens (including phenoxy) is 2. The van der Waals surface area contributed by atoms with Crippen LogP contribution >= 0.6 is 0 Å². The highest BCUT2D eigenvalue weighted by molar-refractivity contribution is 5.42. The van der Waals surface area contributed by atoms with E-state index < -0.39 is 0 Å². The molecule has 2 fully saturated rings. The molecule has 2 aliphatic heterocycles. The van der Waals surface area contributed by atoms with Gasteiger partial charge in [-0.25, -0.2) is 9.97 Å². The summed E-state index contributed by atoms with van der Waals surface area (Å²) in [5.41, 5.74) is 1.13. The number of aromatic nitrogens is 2. The number of fused-ring (bicyclic) bond motifs is 1. The number of hydrogen-bond donors (Lipinski definition) is 0. The fourth-order valence-electron chi connectivity index (χ4n) is 3.19. The van der Waals surface area contributed by atoms with Crippen LogP contribution in [-0.4, -0.2) is 36.3 Å². The molecule has 0 aliphatic carbocycles. The summed E-state index contributed by atoms with van der Waals surface area (Å²) in [6, 6.07) is 12.0. The molecule has 1 aromatic carbocycles. The fourth-order valence-corrected chi connectivity index (χ4v) is 3.19. The topological polar surface area (TPSA) is 47.5 Å². The average molecular weight is 297 g/mol. The molecule has 0 radical (unpaired) electrons. The summed E-state index contributed by atoms with van der Waals surface area (Å²) < 4.78 is 11.3. The molecule has 1 aromatic heterocycles. The smallest absolute Gasteiger partial charge is 0.218 e. The quantitative estimate of drug-likeness (QED) is 0.865. The Morgan fingerprint density at radius 3 is 2.64 bits per heavy atom. The van der Waals surface area contributed by atoms with Gasteiger partial charge in [-0.3, -0.25) is 0 Å². The van der Waals surface area contributed by atoms with Crippen molar-refractivity contribution in [2.75, 3.05) is 31.2 Å². The van der Waals surface area contributed by atoms with Crippen LogP contribution in [0.2, 0.25) is 0 Å². The van der Waals surface area contributed by atoms with E-state index in [1.807, 2.05) is 36.4 Å². The van der Waals surface area contributed by atoms with Crippen LogP contribution in [-0.2, 0) is 11.3 Å². The summed E-state index contributed by atoms with van der Waals surface area (Å²) in [5, 5.41) is 0. The normalized spacial score (nSPS) is 23.5. The van der Waals surface area contributed by atoms with E-state index in [1.54, 1.807) is 6.33 Å². The van der Waals surface area contributed by atoms with Gasteiger partial charge in [0.05, 0.1) is 13.2 Å². The van der Waals surface area contributed by atoms with Gasteiger partial charge in [-0.2, -0.15) is 0 Å².